The van der Waals surface area contributed by atoms with Crippen LogP contribution in [0.4, 0.5) is 4.79 Å². The number of amides is 2. The molecule has 7 nitrogen and oxygen atoms in total. The van der Waals surface area contributed by atoms with E-state index in [9.17, 15) is 14.4 Å². The molecule has 0 aliphatic carbocycles. The third-order valence-electron chi connectivity index (χ3n) is 1.98. The summed E-state index contributed by atoms with van der Waals surface area (Å²) < 4.78 is 9.71. The zero-order valence-electron chi connectivity index (χ0n) is 12.6. The summed E-state index contributed by atoms with van der Waals surface area (Å²) in [6, 6.07) is 0. The van der Waals surface area contributed by atoms with Crippen LogP contribution in [0.15, 0.2) is 0 Å². The van der Waals surface area contributed by atoms with E-state index in [0.29, 0.717) is 13.0 Å². The quantitative estimate of drug-likeness (QED) is 0.538. The minimum Gasteiger partial charge on any atom is -0.465 e. The predicted octanol–water partition coefficient (Wildman–Crippen LogP) is 0.971. The van der Waals surface area contributed by atoms with E-state index in [1.807, 2.05) is 0 Å². The number of nitrogens with one attached hydrogen (secondary N) is 2. The summed E-state index contributed by atoms with van der Waals surface area (Å²) in [6.45, 7) is 7.50. The van der Waals surface area contributed by atoms with Gasteiger partial charge < -0.3 is 20.1 Å². The van der Waals surface area contributed by atoms with Gasteiger partial charge in [-0.15, -0.1) is 0 Å². The Hall–Kier alpha value is -1.79. The van der Waals surface area contributed by atoms with Gasteiger partial charge in [0.05, 0.1) is 6.61 Å². The molecule has 2 amide bonds. The molecule has 116 valence electrons. The van der Waals surface area contributed by atoms with Crippen molar-refractivity contribution in [2.45, 2.75) is 46.1 Å². The van der Waals surface area contributed by atoms with Crippen LogP contribution in [0, 0.1) is 0 Å². The van der Waals surface area contributed by atoms with Crippen LogP contribution < -0.4 is 10.6 Å². The normalized spacial score (nSPS) is 10.6. The molecular weight excluding hydrogens is 264 g/mol. The van der Waals surface area contributed by atoms with Crippen molar-refractivity contribution in [3.8, 4) is 0 Å². The number of hydrogen-bond acceptors (Lipinski definition) is 5. The Balaban J connectivity index is 3.62. The Labute approximate surface area is 119 Å². The smallest absolute Gasteiger partial charge is 0.407 e. The highest BCUT2D eigenvalue weighted by atomic mass is 16.6. The summed E-state index contributed by atoms with van der Waals surface area (Å²) in [5, 5.41) is 4.98. The molecule has 2 N–H and O–H groups in total. The highest BCUT2D eigenvalue weighted by Crippen LogP contribution is 2.06. The molecule has 0 saturated carbocycles. The standard InChI is InChI=1S/C13H24N2O5/c1-5-19-11(17)9-15-10(16)7-6-8-14-12(18)20-13(2,3)4/h5-9H2,1-4H3,(H,14,18)(H,15,16). The summed E-state index contributed by atoms with van der Waals surface area (Å²) in [7, 11) is 0. The van der Waals surface area contributed by atoms with Crippen molar-refractivity contribution in [3.63, 3.8) is 0 Å². The minimum absolute atomic E-state index is 0.133. The van der Waals surface area contributed by atoms with Gasteiger partial charge in [-0.05, 0) is 34.1 Å². The average molecular weight is 288 g/mol. The SMILES string of the molecule is CCOC(=O)CNC(=O)CCCNC(=O)OC(C)(C)C. The van der Waals surface area contributed by atoms with Gasteiger partial charge in [-0.1, -0.05) is 0 Å². The van der Waals surface area contributed by atoms with E-state index in [2.05, 4.69) is 15.4 Å². The van der Waals surface area contributed by atoms with Crippen LogP contribution in [-0.4, -0.2) is 43.3 Å². The van der Waals surface area contributed by atoms with Gasteiger partial charge >= 0.3 is 12.1 Å². The predicted molar refractivity (Wildman–Crippen MR) is 73.1 cm³/mol. The number of rotatable bonds is 7. The topological polar surface area (TPSA) is 93.7 Å². The fourth-order valence-corrected chi connectivity index (χ4v) is 1.22. The largest absolute Gasteiger partial charge is 0.465 e. The van der Waals surface area contributed by atoms with Crippen molar-refractivity contribution in [1.82, 2.24) is 10.6 Å². The third kappa shape index (κ3) is 11.3. The van der Waals surface area contributed by atoms with Crippen LogP contribution in [0.1, 0.15) is 40.5 Å². The molecule has 0 radical (unpaired) electrons. The van der Waals surface area contributed by atoms with E-state index in [1.165, 1.54) is 0 Å². The van der Waals surface area contributed by atoms with Crippen LogP contribution in [0.3, 0.4) is 0 Å². The number of ether oxygens (including phenoxy) is 2. The lowest BCUT2D eigenvalue weighted by molar-refractivity contribution is -0.143. The third-order valence-corrected chi connectivity index (χ3v) is 1.98. The molecule has 20 heavy (non-hydrogen) atoms. The molecule has 0 bridgehead atoms. The second-order valence-electron chi connectivity index (χ2n) is 5.11. The molecule has 0 spiro atoms. The molecule has 0 fully saturated rings. The summed E-state index contributed by atoms with van der Waals surface area (Å²) in [5.74, 6) is -0.725. The number of esters is 1. The molecular formula is C13H24N2O5. The van der Waals surface area contributed by atoms with Crippen LogP contribution in [0.5, 0.6) is 0 Å². The van der Waals surface area contributed by atoms with Crippen LogP contribution in [-0.2, 0) is 19.1 Å². The molecule has 0 unspecified atom stereocenters. The number of carbonyl (C=O) groups is 3. The zero-order chi connectivity index (χ0) is 15.6. The first-order chi connectivity index (χ1) is 9.24. The average Bonchev–Trinajstić information content (AvgIpc) is 2.30. The van der Waals surface area contributed by atoms with Gasteiger partial charge in [0.2, 0.25) is 5.91 Å². The Kier molecular flexibility index (Phi) is 8.35. The van der Waals surface area contributed by atoms with Crippen LogP contribution in [0.25, 0.3) is 0 Å². The Morgan fingerprint density at radius 1 is 1.10 bits per heavy atom. The molecule has 0 aliphatic rings. The van der Waals surface area contributed by atoms with Crippen molar-refractivity contribution < 1.29 is 23.9 Å². The van der Waals surface area contributed by atoms with Gasteiger partial charge in [0.25, 0.3) is 0 Å². The van der Waals surface area contributed by atoms with E-state index >= 15 is 0 Å². The molecule has 0 saturated heterocycles. The summed E-state index contributed by atoms with van der Waals surface area (Å²) in [6.07, 6.45) is 0.174. The molecule has 0 atom stereocenters. The molecule has 0 rings (SSSR count). The van der Waals surface area contributed by atoms with Crippen molar-refractivity contribution >= 4 is 18.0 Å². The van der Waals surface area contributed by atoms with Crippen molar-refractivity contribution in [2.75, 3.05) is 19.7 Å². The number of hydrogen-bond donors (Lipinski definition) is 2. The van der Waals surface area contributed by atoms with Crippen LogP contribution >= 0.6 is 0 Å². The fraction of sp³-hybridized carbons (Fsp3) is 0.769. The van der Waals surface area contributed by atoms with Crippen molar-refractivity contribution in [3.05, 3.63) is 0 Å². The highest BCUT2D eigenvalue weighted by molar-refractivity contribution is 5.81. The number of alkyl carbamates (subject to hydrolysis) is 1. The lowest BCUT2D eigenvalue weighted by Crippen LogP contribution is -2.34. The van der Waals surface area contributed by atoms with E-state index in [0.717, 1.165) is 0 Å². The summed E-state index contributed by atoms with van der Waals surface area (Å²) in [4.78, 5) is 33.6. The molecule has 0 aromatic heterocycles. The van der Waals surface area contributed by atoms with E-state index in [1.54, 1.807) is 27.7 Å². The number of carbonyl (C=O) groups excluding carboxylic acids is 3. The Morgan fingerprint density at radius 3 is 2.30 bits per heavy atom. The maximum absolute atomic E-state index is 11.4. The maximum atomic E-state index is 11.4. The first-order valence-electron chi connectivity index (χ1n) is 6.63. The lowest BCUT2D eigenvalue weighted by Gasteiger charge is -2.19. The van der Waals surface area contributed by atoms with Crippen LogP contribution in [0.2, 0.25) is 0 Å². The Morgan fingerprint density at radius 2 is 1.75 bits per heavy atom. The van der Waals surface area contributed by atoms with Crippen molar-refractivity contribution in [2.24, 2.45) is 0 Å². The van der Waals surface area contributed by atoms with Gasteiger partial charge in [-0.3, -0.25) is 9.59 Å². The zero-order valence-corrected chi connectivity index (χ0v) is 12.6. The molecule has 0 heterocycles. The summed E-state index contributed by atoms with van der Waals surface area (Å²) in [5.41, 5.74) is -0.541. The van der Waals surface area contributed by atoms with Gasteiger partial charge in [-0.2, -0.15) is 0 Å². The van der Waals surface area contributed by atoms with Crippen molar-refractivity contribution in [1.29, 1.82) is 0 Å². The van der Waals surface area contributed by atoms with Gasteiger partial charge in [0, 0.05) is 13.0 Å². The monoisotopic (exact) mass is 288 g/mol. The second-order valence-corrected chi connectivity index (χ2v) is 5.11. The Bertz CT molecular complexity index is 336. The molecule has 7 heteroatoms. The van der Waals surface area contributed by atoms with Gasteiger partial charge in [-0.25, -0.2) is 4.79 Å². The maximum Gasteiger partial charge on any atom is 0.407 e. The van der Waals surface area contributed by atoms with E-state index in [-0.39, 0.29) is 25.5 Å². The second kappa shape index (κ2) is 9.17. The lowest BCUT2D eigenvalue weighted by atomic mass is 10.2. The van der Waals surface area contributed by atoms with Gasteiger partial charge in [0.15, 0.2) is 0 Å². The highest BCUT2D eigenvalue weighted by Gasteiger charge is 2.15. The first kappa shape index (κ1) is 18.2. The first-order valence-corrected chi connectivity index (χ1v) is 6.63. The summed E-state index contributed by atoms with van der Waals surface area (Å²) >= 11 is 0. The molecule has 0 aromatic rings. The fourth-order valence-electron chi connectivity index (χ4n) is 1.22. The molecule has 0 aromatic carbocycles. The van der Waals surface area contributed by atoms with E-state index in [4.69, 9.17) is 4.74 Å². The van der Waals surface area contributed by atoms with Gasteiger partial charge in [0.1, 0.15) is 12.1 Å². The molecule has 0 aliphatic heterocycles. The van der Waals surface area contributed by atoms with E-state index < -0.39 is 17.7 Å². The minimum atomic E-state index is -0.541.